The zero-order chi connectivity index (χ0) is 7.42. The third kappa shape index (κ3) is 0.871. The van der Waals surface area contributed by atoms with Crippen LogP contribution in [0, 0.1) is 5.92 Å². The number of hydrogen-bond donors (Lipinski definition) is 0. The molecule has 11 heavy (non-hydrogen) atoms. The minimum absolute atomic E-state index is 0.773. The minimum atomic E-state index is 0.773. The van der Waals surface area contributed by atoms with Gasteiger partial charge in [0, 0.05) is 18.1 Å². The fraction of sp³-hybridized carbons (Fsp3) is 0.800. The lowest BCUT2D eigenvalue weighted by Gasteiger charge is -1.96. The van der Waals surface area contributed by atoms with Gasteiger partial charge in [-0.15, -0.1) is 6.58 Å². The molecule has 1 heterocycles. The Kier molecular flexibility index (Phi) is 1.07. The van der Waals surface area contributed by atoms with Crippen LogP contribution < -0.4 is 0 Å². The van der Waals surface area contributed by atoms with Crippen LogP contribution in [0.2, 0.25) is 0 Å². The second kappa shape index (κ2) is 1.89. The van der Waals surface area contributed by atoms with E-state index in [1.54, 1.807) is 0 Å². The fourth-order valence-corrected chi connectivity index (χ4v) is 2.37. The molecule has 60 valence electrons. The Bertz CT molecular complexity index is 173. The van der Waals surface area contributed by atoms with Gasteiger partial charge in [0.2, 0.25) is 0 Å². The Morgan fingerprint density at radius 3 is 2.36 bits per heavy atom. The molecule has 0 aromatic rings. The van der Waals surface area contributed by atoms with Gasteiger partial charge in [0.1, 0.15) is 0 Å². The standard InChI is InChI=1S/C10H15N/c1-2-9-10(7-3-4-7)11(9)8-5-6-8/h2,7-10H,1,3-6H2. The summed E-state index contributed by atoms with van der Waals surface area (Å²) in [4.78, 5) is 2.69. The summed E-state index contributed by atoms with van der Waals surface area (Å²) in [5, 5.41) is 0. The predicted molar refractivity (Wildman–Crippen MR) is 45.4 cm³/mol. The van der Waals surface area contributed by atoms with Gasteiger partial charge in [0.15, 0.2) is 0 Å². The molecular formula is C10H15N. The Morgan fingerprint density at radius 1 is 1.18 bits per heavy atom. The van der Waals surface area contributed by atoms with Gasteiger partial charge in [0.25, 0.3) is 0 Å². The van der Waals surface area contributed by atoms with E-state index in [0.29, 0.717) is 0 Å². The van der Waals surface area contributed by atoms with Crippen molar-refractivity contribution in [1.82, 2.24) is 4.90 Å². The lowest BCUT2D eigenvalue weighted by Crippen LogP contribution is -2.05. The summed E-state index contributed by atoms with van der Waals surface area (Å²) < 4.78 is 0. The molecule has 3 atom stereocenters. The summed E-state index contributed by atoms with van der Waals surface area (Å²) >= 11 is 0. The van der Waals surface area contributed by atoms with E-state index in [9.17, 15) is 0 Å². The molecule has 1 nitrogen and oxygen atoms in total. The van der Waals surface area contributed by atoms with Gasteiger partial charge in [0.05, 0.1) is 0 Å². The second-order valence-electron chi connectivity index (χ2n) is 4.23. The molecule has 0 aromatic heterocycles. The molecule has 1 saturated heterocycles. The Balaban J connectivity index is 1.70. The van der Waals surface area contributed by atoms with E-state index in [-0.39, 0.29) is 0 Å². The molecule has 3 aliphatic rings. The van der Waals surface area contributed by atoms with E-state index in [4.69, 9.17) is 0 Å². The maximum atomic E-state index is 3.90. The molecule has 0 bridgehead atoms. The van der Waals surface area contributed by atoms with Crippen molar-refractivity contribution in [3.05, 3.63) is 12.7 Å². The fourth-order valence-electron chi connectivity index (χ4n) is 2.37. The molecule has 3 unspecified atom stereocenters. The highest BCUT2D eigenvalue weighted by molar-refractivity contribution is 5.20. The summed E-state index contributed by atoms with van der Waals surface area (Å²) in [6.45, 7) is 3.90. The van der Waals surface area contributed by atoms with Gasteiger partial charge in [-0.3, -0.25) is 4.90 Å². The van der Waals surface area contributed by atoms with E-state index in [1.807, 2.05) is 0 Å². The van der Waals surface area contributed by atoms with Crippen LogP contribution in [0.1, 0.15) is 25.7 Å². The van der Waals surface area contributed by atoms with Gasteiger partial charge < -0.3 is 0 Å². The molecule has 1 heteroatoms. The molecule has 0 amide bonds. The molecule has 2 aliphatic carbocycles. The molecule has 1 aliphatic heterocycles. The highest BCUT2D eigenvalue weighted by atomic mass is 15.4. The Morgan fingerprint density at radius 2 is 1.91 bits per heavy atom. The first-order valence-electron chi connectivity index (χ1n) is 4.82. The van der Waals surface area contributed by atoms with Crippen LogP contribution in [0.5, 0.6) is 0 Å². The third-order valence-electron chi connectivity index (χ3n) is 3.26. The SMILES string of the molecule is C=CC1C(C2CC2)N1C1CC1. The average molecular weight is 149 g/mol. The van der Waals surface area contributed by atoms with Gasteiger partial charge >= 0.3 is 0 Å². The van der Waals surface area contributed by atoms with Crippen molar-refractivity contribution in [2.24, 2.45) is 5.92 Å². The van der Waals surface area contributed by atoms with Crippen LogP contribution in [0.3, 0.4) is 0 Å². The molecule has 3 rings (SSSR count). The third-order valence-corrected chi connectivity index (χ3v) is 3.26. The lowest BCUT2D eigenvalue weighted by atomic mass is 10.2. The first-order chi connectivity index (χ1) is 5.42. The predicted octanol–water partition coefficient (Wildman–Crippen LogP) is 1.80. The van der Waals surface area contributed by atoms with Crippen LogP contribution in [0.25, 0.3) is 0 Å². The Hall–Kier alpha value is -0.300. The molecular weight excluding hydrogens is 134 g/mol. The Labute approximate surface area is 68.1 Å². The van der Waals surface area contributed by atoms with Gasteiger partial charge in [-0.1, -0.05) is 6.08 Å². The number of rotatable bonds is 3. The zero-order valence-corrected chi connectivity index (χ0v) is 6.87. The maximum absolute atomic E-state index is 3.90. The van der Waals surface area contributed by atoms with Gasteiger partial charge in [-0.25, -0.2) is 0 Å². The van der Waals surface area contributed by atoms with Crippen molar-refractivity contribution < 1.29 is 0 Å². The number of nitrogens with zero attached hydrogens (tertiary/aromatic N) is 1. The lowest BCUT2D eigenvalue weighted by molar-refractivity contribution is 0.464. The smallest absolute Gasteiger partial charge is 0.0441 e. The summed E-state index contributed by atoms with van der Waals surface area (Å²) in [5.41, 5.74) is 0. The second-order valence-corrected chi connectivity index (χ2v) is 4.23. The van der Waals surface area contributed by atoms with E-state index in [0.717, 1.165) is 24.0 Å². The summed E-state index contributed by atoms with van der Waals surface area (Å²) in [6, 6.07) is 2.67. The maximum Gasteiger partial charge on any atom is 0.0441 e. The summed E-state index contributed by atoms with van der Waals surface area (Å²) in [6.07, 6.45) is 8.03. The first-order valence-corrected chi connectivity index (χ1v) is 4.82. The van der Waals surface area contributed by atoms with E-state index < -0.39 is 0 Å². The van der Waals surface area contributed by atoms with E-state index >= 15 is 0 Å². The van der Waals surface area contributed by atoms with Crippen LogP contribution in [-0.2, 0) is 0 Å². The van der Waals surface area contributed by atoms with Crippen LogP contribution in [0.15, 0.2) is 12.7 Å². The highest BCUT2D eigenvalue weighted by Gasteiger charge is 2.58. The molecule has 0 spiro atoms. The normalized spacial score (nSPS) is 48.9. The molecule has 0 radical (unpaired) electrons. The van der Waals surface area contributed by atoms with E-state index in [1.165, 1.54) is 25.7 Å². The average Bonchev–Trinajstić information content (AvgIpc) is 2.83. The molecule has 2 saturated carbocycles. The van der Waals surface area contributed by atoms with Crippen molar-refractivity contribution >= 4 is 0 Å². The minimum Gasteiger partial charge on any atom is -0.287 e. The van der Waals surface area contributed by atoms with Crippen molar-refractivity contribution in [2.45, 2.75) is 43.8 Å². The topological polar surface area (TPSA) is 3.01 Å². The number of hydrogen-bond acceptors (Lipinski definition) is 1. The van der Waals surface area contributed by atoms with Crippen molar-refractivity contribution in [3.63, 3.8) is 0 Å². The van der Waals surface area contributed by atoms with Gasteiger partial charge in [-0.2, -0.15) is 0 Å². The van der Waals surface area contributed by atoms with Crippen LogP contribution >= 0.6 is 0 Å². The zero-order valence-electron chi connectivity index (χ0n) is 6.87. The molecule has 0 N–H and O–H groups in total. The molecule has 3 fully saturated rings. The van der Waals surface area contributed by atoms with E-state index in [2.05, 4.69) is 17.6 Å². The van der Waals surface area contributed by atoms with Crippen molar-refractivity contribution in [3.8, 4) is 0 Å². The van der Waals surface area contributed by atoms with Crippen LogP contribution in [-0.4, -0.2) is 23.0 Å². The summed E-state index contributed by atoms with van der Waals surface area (Å²) in [7, 11) is 0. The van der Waals surface area contributed by atoms with Gasteiger partial charge in [-0.05, 0) is 31.6 Å². The van der Waals surface area contributed by atoms with Crippen molar-refractivity contribution in [1.29, 1.82) is 0 Å². The first kappa shape index (κ1) is 6.24. The van der Waals surface area contributed by atoms with Crippen LogP contribution in [0.4, 0.5) is 0 Å². The van der Waals surface area contributed by atoms with Crippen molar-refractivity contribution in [2.75, 3.05) is 0 Å². The summed E-state index contributed by atoms with van der Waals surface area (Å²) in [5.74, 6) is 1.05. The largest absolute Gasteiger partial charge is 0.287 e. The monoisotopic (exact) mass is 149 g/mol. The molecule has 0 aromatic carbocycles. The highest BCUT2D eigenvalue weighted by Crippen LogP contribution is 2.52. The quantitative estimate of drug-likeness (QED) is 0.437.